The Balaban J connectivity index is 2.62. The lowest BCUT2D eigenvalue weighted by atomic mass is 10.1. The highest BCUT2D eigenvalue weighted by atomic mass is 32.2. The zero-order chi connectivity index (χ0) is 15.3. The molecular weight excluding hydrogens is 288 g/mol. The summed E-state index contributed by atoms with van der Waals surface area (Å²) in [6, 6.07) is 4.31. The summed E-state index contributed by atoms with van der Waals surface area (Å²) in [6.45, 7) is 1.23. The molecule has 8 nitrogen and oxygen atoms in total. The average Bonchev–Trinajstić information content (AvgIpc) is 2.36. The van der Waals surface area contributed by atoms with Crippen LogP contribution in [0.2, 0.25) is 0 Å². The third-order valence-corrected chi connectivity index (χ3v) is 3.99. The molecule has 0 amide bonds. The number of nitro groups is 1. The fourth-order valence-corrected chi connectivity index (χ4v) is 2.68. The van der Waals surface area contributed by atoms with Crippen LogP contribution in [-0.2, 0) is 21.2 Å². The van der Waals surface area contributed by atoms with E-state index in [1.165, 1.54) is 31.2 Å². The minimum Gasteiger partial charge on any atom is -0.480 e. The summed E-state index contributed by atoms with van der Waals surface area (Å²) in [6.07, 6.45) is 0.139. The summed E-state index contributed by atoms with van der Waals surface area (Å²) >= 11 is 0. The second-order valence-electron chi connectivity index (χ2n) is 4.17. The first kappa shape index (κ1) is 16.1. The molecule has 0 saturated carbocycles. The number of benzene rings is 1. The van der Waals surface area contributed by atoms with Gasteiger partial charge in [-0.1, -0.05) is 12.1 Å². The van der Waals surface area contributed by atoms with Gasteiger partial charge in [0, 0.05) is 12.1 Å². The van der Waals surface area contributed by atoms with Gasteiger partial charge in [0.05, 0.1) is 10.7 Å². The van der Waals surface area contributed by atoms with Crippen LogP contribution in [0.4, 0.5) is 5.69 Å². The highest BCUT2D eigenvalue weighted by Gasteiger charge is 2.19. The predicted octanol–water partition coefficient (Wildman–Crippen LogP) is 0.530. The molecule has 0 spiro atoms. The first-order chi connectivity index (χ1) is 9.21. The monoisotopic (exact) mass is 302 g/mol. The van der Waals surface area contributed by atoms with Crippen molar-refractivity contribution in [1.29, 1.82) is 0 Å². The number of nitro benzene ring substituents is 1. The van der Waals surface area contributed by atoms with Gasteiger partial charge >= 0.3 is 5.97 Å². The summed E-state index contributed by atoms with van der Waals surface area (Å²) in [5.41, 5.74) is 0.540. The zero-order valence-corrected chi connectivity index (χ0v) is 11.5. The van der Waals surface area contributed by atoms with E-state index in [2.05, 4.69) is 0 Å². The maximum absolute atomic E-state index is 11.6. The summed E-state index contributed by atoms with van der Waals surface area (Å²) in [4.78, 5) is 20.5. The smallest absolute Gasteiger partial charge is 0.321 e. The number of rotatable bonds is 7. The van der Waals surface area contributed by atoms with Crippen molar-refractivity contribution in [3.8, 4) is 0 Å². The van der Waals surface area contributed by atoms with Crippen molar-refractivity contribution < 1.29 is 23.2 Å². The normalized spacial score (nSPS) is 12.8. The van der Waals surface area contributed by atoms with Gasteiger partial charge in [-0.15, -0.1) is 0 Å². The molecule has 2 N–H and O–H groups in total. The van der Waals surface area contributed by atoms with Crippen LogP contribution in [0.5, 0.6) is 0 Å². The van der Waals surface area contributed by atoms with E-state index in [9.17, 15) is 23.3 Å². The Morgan fingerprint density at radius 3 is 2.40 bits per heavy atom. The fraction of sp³-hybridized carbons (Fsp3) is 0.364. The number of carboxylic acids is 1. The molecule has 1 aromatic rings. The van der Waals surface area contributed by atoms with Gasteiger partial charge in [0.15, 0.2) is 0 Å². The molecule has 1 atom stereocenters. The molecule has 0 aliphatic rings. The van der Waals surface area contributed by atoms with Gasteiger partial charge in [-0.3, -0.25) is 14.9 Å². The van der Waals surface area contributed by atoms with Gasteiger partial charge in [-0.25, -0.2) is 13.1 Å². The van der Waals surface area contributed by atoms with Crippen LogP contribution < -0.4 is 4.72 Å². The fourth-order valence-electron chi connectivity index (χ4n) is 1.42. The molecular formula is C11H14N2O6S. The quantitative estimate of drug-likeness (QED) is 0.558. The molecule has 9 heteroatoms. The third kappa shape index (κ3) is 4.94. The van der Waals surface area contributed by atoms with Gasteiger partial charge < -0.3 is 5.11 Å². The van der Waals surface area contributed by atoms with Crippen LogP contribution in [0, 0.1) is 10.1 Å². The molecule has 0 unspecified atom stereocenters. The number of carboxylic acid groups (broad SMARTS) is 1. The number of nitrogens with one attached hydrogen (secondary N) is 1. The van der Waals surface area contributed by atoms with E-state index in [0.717, 1.165) is 0 Å². The number of sulfonamides is 1. The van der Waals surface area contributed by atoms with Gasteiger partial charge in [-0.2, -0.15) is 0 Å². The number of hydrogen-bond acceptors (Lipinski definition) is 5. The minimum atomic E-state index is -3.72. The summed E-state index contributed by atoms with van der Waals surface area (Å²) in [7, 11) is -3.72. The van der Waals surface area contributed by atoms with E-state index in [4.69, 9.17) is 5.11 Å². The number of aryl methyl sites for hydroxylation is 1. The number of non-ortho nitro benzene ring substituents is 1. The van der Waals surface area contributed by atoms with Crippen molar-refractivity contribution in [2.24, 2.45) is 0 Å². The molecule has 20 heavy (non-hydrogen) atoms. The van der Waals surface area contributed by atoms with Crippen LogP contribution >= 0.6 is 0 Å². The van der Waals surface area contributed by atoms with E-state index in [-0.39, 0.29) is 17.9 Å². The van der Waals surface area contributed by atoms with Crippen molar-refractivity contribution in [3.63, 3.8) is 0 Å². The number of nitrogens with zero attached hydrogens (tertiary/aromatic N) is 1. The third-order valence-electron chi connectivity index (χ3n) is 2.53. The molecule has 0 aliphatic heterocycles. The molecule has 0 aromatic heterocycles. The van der Waals surface area contributed by atoms with E-state index >= 15 is 0 Å². The highest BCUT2D eigenvalue weighted by molar-refractivity contribution is 7.89. The van der Waals surface area contributed by atoms with Crippen LogP contribution in [0.3, 0.4) is 0 Å². The van der Waals surface area contributed by atoms with Crippen molar-refractivity contribution in [2.45, 2.75) is 19.4 Å². The molecule has 1 aromatic carbocycles. The standard InChI is InChI=1S/C11H14N2O6S/c1-8(11(14)15)12-20(18,19)7-6-9-2-4-10(5-3-9)13(16)17/h2-5,8,12H,6-7H2,1H3,(H,14,15)/t8-/m0/s1. The number of aliphatic carboxylic acids is 1. The van der Waals surface area contributed by atoms with Crippen molar-refractivity contribution in [2.75, 3.05) is 5.75 Å². The molecule has 0 aliphatic carbocycles. The van der Waals surface area contributed by atoms with Crippen LogP contribution in [-0.4, -0.2) is 36.2 Å². The molecule has 0 radical (unpaired) electrons. The summed E-state index contributed by atoms with van der Waals surface area (Å²) in [5, 5.41) is 19.1. The Bertz CT molecular complexity index is 596. The van der Waals surface area contributed by atoms with E-state index in [1.807, 2.05) is 4.72 Å². The molecule has 0 heterocycles. The maximum Gasteiger partial charge on any atom is 0.321 e. The highest BCUT2D eigenvalue weighted by Crippen LogP contribution is 2.12. The Morgan fingerprint density at radius 1 is 1.40 bits per heavy atom. The molecule has 0 bridgehead atoms. The van der Waals surface area contributed by atoms with Gasteiger partial charge in [-0.05, 0) is 18.9 Å². The second-order valence-corrected chi connectivity index (χ2v) is 6.04. The van der Waals surface area contributed by atoms with Gasteiger partial charge in [0.2, 0.25) is 10.0 Å². The van der Waals surface area contributed by atoms with Crippen LogP contribution in [0.15, 0.2) is 24.3 Å². The average molecular weight is 302 g/mol. The largest absolute Gasteiger partial charge is 0.480 e. The van der Waals surface area contributed by atoms with Crippen molar-refractivity contribution in [3.05, 3.63) is 39.9 Å². The first-order valence-corrected chi connectivity index (χ1v) is 7.32. The van der Waals surface area contributed by atoms with Crippen LogP contribution in [0.1, 0.15) is 12.5 Å². The Morgan fingerprint density at radius 2 is 1.95 bits per heavy atom. The minimum absolute atomic E-state index is 0.0748. The first-order valence-electron chi connectivity index (χ1n) is 5.67. The van der Waals surface area contributed by atoms with Gasteiger partial charge in [0.25, 0.3) is 5.69 Å². The maximum atomic E-state index is 11.6. The Hall–Kier alpha value is -2.00. The summed E-state index contributed by atoms with van der Waals surface area (Å²) in [5.74, 6) is -1.55. The second kappa shape index (κ2) is 6.44. The van der Waals surface area contributed by atoms with E-state index in [1.54, 1.807) is 0 Å². The molecule has 0 saturated heterocycles. The Kier molecular flexibility index (Phi) is 5.17. The summed E-state index contributed by atoms with van der Waals surface area (Å²) < 4.78 is 25.2. The number of carbonyl (C=O) groups is 1. The van der Waals surface area contributed by atoms with Crippen molar-refractivity contribution >= 4 is 21.7 Å². The lowest BCUT2D eigenvalue weighted by Crippen LogP contribution is -2.39. The van der Waals surface area contributed by atoms with E-state index in [0.29, 0.717) is 5.56 Å². The SMILES string of the molecule is C[C@H](NS(=O)(=O)CCc1ccc([N+](=O)[O-])cc1)C(=O)O. The predicted molar refractivity (Wildman–Crippen MR) is 70.8 cm³/mol. The Labute approximate surface area is 115 Å². The zero-order valence-electron chi connectivity index (χ0n) is 10.6. The lowest BCUT2D eigenvalue weighted by molar-refractivity contribution is -0.384. The topological polar surface area (TPSA) is 127 Å². The van der Waals surface area contributed by atoms with E-state index < -0.39 is 27.0 Å². The van der Waals surface area contributed by atoms with Crippen molar-refractivity contribution in [1.82, 2.24) is 4.72 Å². The van der Waals surface area contributed by atoms with Gasteiger partial charge in [0.1, 0.15) is 6.04 Å². The molecule has 0 fully saturated rings. The molecule has 110 valence electrons. The van der Waals surface area contributed by atoms with Crippen LogP contribution in [0.25, 0.3) is 0 Å². The lowest BCUT2D eigenvalue weighted by Gasteiger charge is -2.09. The number of hydrogen-bond donors (Lipinski definition) is 2. The molecule has 1 rings (SSSR count).